The minimum Gasteiger partial charge on any atom is -0.0847 e. The number of rotatable bonds is 3. The predicted octanol–water partition coefficient (Wildman–Crippen LogP) is 3.27. The van der Waals surface area contributed by atoms with E-state index in [0.717, 1.165) is 11.6 Å². The highest BCUT2D eigenvalue weighted by Gasteiger charge is 2.43. The molecule has 0 spiro atoms. The van der Waals surface area contributed by atoms with Crippen molar-refractivity contribution in [2.24, 2.45) is 5.92 Å². The maximum atomic E-state index is 4.26. The molecule has 0 heterocycles. The molecular weight excluding hydrogens is 151 g/mol. The molecule has 1 heteroatoms. The highest BCUT2D eigenvalue weighted by atomic mass is 31.1. The molecule has 0 bridgehead atoms. The Labute approximate surface area is 71.1 Å². The van der Waals surface area contributed by atoms with E-state index in [-0.39, 0.29) is 7.55 Å². The first-order chi connectivity index (χ1) is 5.15. The molecule has 0 N–H and O–H groups in total. The molecule has 0 aromatic carbocycles. The summed E-state index contributed by atoms with van der Waals surface area (Å²) in [6.45, 7) is 6.68. The molecule has 1 fully saturated rings. The van der Waals surface area contributed by atoms with Crippen LogP contribution in [0.25, 0.3) is 0 Å². The molecule has 3 unspecified atom stereocenters. The number of hydrogen-bond acceptors (Lipinski definition) is 0. The fourth-order valence-electron chi connectivity index (χ4n) is 1.34. The fourth-order valence-corrected chi connectivity index (χ4v) is 3.75. The van der Waals surface area contributed by atoms with Gasteiger partial charge in [-0.2, -0.15) is 0 Å². The van der Waals surface area contributed by atoms with Gasteiger partial charge in [0.25, 0.3) is 0 Å². The van der Waals surface area contributed by atoms with Gasteiger partial charge in [0.1, 0.15) is 11.8 Å². The van der Waals surface area contributed by atoms with Crippen molar-refractivity contribution in [3.8, 4) is 0 Å². The lowest BCUT2D eigenvalue weighted by molar-refractivity contribution is 0.985. The Kier molecular flexibility index (Phi) is 2.90. The first kappa shape index (κ1) is 9.00. The predicted molar refractivity (Wildman–Crippen MR) is 55.9 cm³/mol. The minimum atomic E-state index is 0.0687. The average molecular weight is 169 g/mol. The van der Waals surface area contributed by atoms with Crippen LogP contribution in [-0.4, -0.2) is 18.1 Å². The van der Waals surface area contributed by atoms with E-state index in [1.54, 1.807) is 0 Å². The van der Waals surface area contributed by atoms with Crippen LogP contribution >= 0.6 is 7.55 Å². The summed E-state index contributed by atoms with van der Waals surface area (Å²) in [5.41, 5.74) is 2.50. The van der Waals surface area contributed by atoms with Crippen LogP contribution in [0.4, 0.5) is 0 Å². The lowest BCUT2D eigenvalue weighted by Crippen LogP contribution is -1.86. The van der Waals surface area contributed by atoms with Crippen LogP contribution in [0.2, 0.25) is 0 Å². The van der Waals surface area contributed by atoms with Crippen LogP contribution in [0.5, 0.6) is 0 Å². The van der Waals surface area contributed by atoms with Gasteiger partial charge in [-0.25, -0.2) is 0 Å². The summed E-state index contributed by atoms with van der Waals surface area (Å²) in [5.74, 6) is 0.975. The van der Waals surface area contributed by atoms with Gasteiger partial charge < -0.3 is 0 Å². The van der Waals surface area contributed by atoms with Crippen molar-refractivity contribution < 1.29 is 0 Å². The first-order valence-electron chi connectivity index (χ1n) is 4.34. The second-order valence-corrected chi connectivity index (χ2v) is 5.82. The summed E-state index contributed by atoms with van der Waals surface area (Å²) < 4.78 is 0. The molecule has 1 aliphatic rings. The van der Waals surface area contributed by atoms with Gasteiger partial charge in [-0.05, 0) is 25.8 Å². The van der Waals surface area contributed by atoms with Crippen LogP contribution in [0.1, 0.15) is 27.2 Å². The SMILES string of the molecule is C=[P+](C/C(C)=C\C)C1CC1C. The third-order valence-electron chi connectivity index (χ3n) is 2.48. The zero-order valence-electron chi connectivity index (χ0n) is 7.80. The van der Waals surface area contributed by atoms with E-state index in [9.17, 15) is 0 Å². The van der Waals surface area contributed by atoms with Gasteiger partial charge in [-0.15, -0.1) is 0 Å². The van der Waals surface area contributed by atoms with E-state index in [4.69, 9.17) is 0 Å². The molecule has 0 aromatic rings. The lowest BCUT2D eigenvalue weighted by Gasteiger charge is -1.92. The summed E-state index contributed by atoms with van der Waals surface area (Å²) in [7, 11) is 0.0687. The van der Waals surface area contributed by atoms with E-state index in [1.807, 2.05) is 0 Å². The fraction of sp³-hybridized carbons (Fsp3) is 0.700. The molecule has 0 saturated heterocycles. The molecule has 0 nitrogen and oxygen atoms in total. The summed E-state index contributed by atoms with van der Waals surface area (Å²) in [6, 6.07) is 0. The molecule has 0 amide bonds. The topological polar surface area (TPSA) is 0 Å². The summed E-state index contributed by atoms with van der Waals surface area (Å²) in [5, 5.41) is 0. The Hall–Kier alpha value is -0.0900. The maximum absolute atomic E-state index is 4.26. The average Bonchev–Trinajstić information content (AvgIpc) is 2.66. The van der Waals surface area contributed by atoms with Crippen LogP contribution in [0.3, 0.4) is 0 Å². The second-order valence-electron chi connectivity index (χ2n) is 3.66. The Balaban J connectivity index is 2.33. The van der Waals surface area contributed by atoms with Crippen molar-refractivity contribution >= 4 is 13.8 Å². The van der Waals surface area contributed by atoms with Gasteiger partial charge >= 0.3 is 0 Å². The second kappa shape index (κ2) is 3.54. The molecule has 0 radical (unpaired) electrons. The molecule has 62 valence electrons. The minimum absolute atomic E-state index is 0.0687. The van der Waals surface area contributed by atoms with Crippen molar-refractivity contribution in [2.45, 2.75) is 32.9 Å². The zero-order valence-corrected chi connectivity index (χ0v) is 8.70. The van der Waals surface area contributed by atoms with Crippen molar-refractivity contribution in [1.29, 1.82) is 0 Å². The molecule has 0 aliphatic heterocycles. The Morgan fingerprint density at radius 1 is 1.73 bits per heavy atom. The molecule has 1 aliphatic carbocycles. The van der Waals surface area contributed by atoms with Gasteiger partial charge in [0.15, 0.2) is 0 Å². The number of allylic oxidation sites excluding steroid dienone is 2. The highest BCUT2D eigenvalue weighted by Crippen LogP contribution is 2.50. The van der Waals surface area contributed by atoms with Crippen molar-refractivity contribution in [2.75, 3.05) is 6.16 Å². The summed E-state index contributed by atoms with van der Waals surface area (Å²) >= 11 is 0. The van der Waals surface area contributed by atoms with Gasteiger partial charge in [0.2, 0.25) is 0 Å². The zero-order chi connectivity index (χ0) is 8.43. The third-order valence-corrected chi connectivity index (χ3v) is 5.04. The van der Waals surface area contributed by atoms with Crippen molar-refractivity contribution in [3.05, 3.63) is 11.6 Å². The molecular formula is C10H18P+. The Morgan fingerprint density at radius 2 is 2.27 bits per heavy atom. The van der Waals surface area contributed by atoms with Crippen molar-refractivity contribution in [1.82, 2.24) is 0 Å². The van der Waals surface area contributed by atoms with E-state index in [1.165, 1.54) is 18.2 Å². The monoisotopic (exact) mass is 169 g/mol. The smallest absolute Gasteiger partial charge is 0.0847 e. The normalized spacial score (nSPS) is 31.9. The maximum Gasteiger partial charge on any atom is 0.127 e. The van der Waals surface area contributed by atoms with Gasteiger partial charge in [0.05, 0.1) is 13.8 Å². The van der Waals surface area contributed by atoms with Crippen LogP contribution in [0, 0.1) is 5.92 Å². The van der Waals surface area contributed by atoms with Gasteiger partial charge in [-0.1, -0.05) is 13.0 Å². The van der Waals surface area contributed by atoms with Gasteiger partial charge in [0, 0.05) is 5.92 Å². The van der Waals surface area contributed by atoms with E-state index in [0.29, 0.717) is 0 Å². The van der Waals surface area contributed by atoms with E-state index < -0.39 is 0 Å². The first-order valence-corrected chi connectivity index (χ1v) is 6.12. The van der Waals surface area contributed by atoms with Crippen LogP contribution in [-0.2, 0) is 0 Å². The molecule has 3 atom stereocenters. The van der Waals surface area contributed by atoms with Crippen molar-refractivity contribution in [3.63, 3.8) is 0 Å². The van der Waals surface area contributed by atoms with E-state index in [2.05, 4.69) is 33.1 Å². The Morgan fingerprint density at radius 3 is 2.64 bits per heavy atom. The summed E-state index contributed by atoms with van der Waals surface area (Å²) in [4.78, 5) is 0. The van der Waals surface area contributed by atoms with Crippen LogP contribution < -0.4 is 0 Å². The summed E-state index contributed by atoms with van der Waals surface area (Å²) in [6.07, 6.45) is 9.18. The molecule has 1 rings (SSSR count). The highest BCUT2D eigenvalue weighted by molar-refractivity contribution is 7.57. The molecule has 11 heavy (non-hydrogen) atoms. The van der Waals surface area contributed by atoms with Gasteiger partial charge in [-0.3, -0.25) is 0 Å². The quantitative estimate of drug-likeness (QED) is 0.449. The van der Waals surface area contributed by atoms with Crippen LogP contribution in [0.15, 0.2) is 11.6 Å². The molecule has 0 aromatic heterocycles. The lowest BCUT2D eigenvalue weighted by atomic mass is 10.3. The largest absolute Gasteiger partial charge is 0.127 e. The van der Waals surface area contributed by atoms with E-state index >= 15 is 0 Å². The number of hydrogen-bond donors (Lipinski definition) is 0. The Bertz CT molecular complexity index is 191. The third kappa shape index (κ3) is 2.45. The standard InChI is InChI=1S/C10H18P/c1-5-8(2)7-11(4)10-6-9(10)3/h5,9-10H,4,6-7H2,1-3H3/q+1/b8-5-. The molecule has 1 saturated carbocycles.